The van der Waals surface area contributed by atoms with E-state index >= 15 is 0 Å². The number of ether oxygens (including phenoxy) is 1. The Balaban J connectivity index is 2.05. The number of nitro groups is 1. The Kier molecular flexibility index (Phi) is 4.88. The van der Waals surface area contributed by atoms with Crippen molar-refractivity contribution >= 4 is 23.3 Å². The maximum absolute atomic E-state index is 11.8. The monoisotopic (exact) mass is 316 g/mol. The third-order valence-electron chi connectivity index (χ3n) is 2.82. The molecule has 0 spiro atoms. The van der Waals surface area contributed by atoms with E-state index < -0.39 is 28.1 Å². The molecule has 0 saturated heterocycles. The highest BCUT2D eigenvalue weighted by molar-refractivity contribution is 5.97. The van der Waals surface area contributed by atoms with Crippen LogP contribution in [0.4, 0.5) is 11.4 Å². The van der Waals surface area contributed by atoms with Crippen LogP contribution in [0.15, 0.2) is 48.5 Å². The number of para-hydroxylation sites is 1. The van der Waals surface area contributed by atoms with Crippen LogP contribution in [-0.4, -0.2) is 28.5 Å². The van der Waals surface area contributed by atoms with Crippen molar-refractivity contribution in [3.63, 3.8) is 0 Å². The maximum Gasteiger partial charge on any atom is 0.342 e. The second kappa shape index (κ2) is 7.03. The summed E-state index contributed by atoms with van der Waals surface area (Å²) in [6, 6.07) is 12.0. The molecule has 8 heteroatoms. The van der Waals surface area contributed by atoms with Crippen molar-refractivity contribution in [1.82, 2.24) is 0 Å². The number of rotatable bonds is 6. The number of amides is 1. The Morgan fingerprint density at radius 3 is 2.48 bits per heavy atom. The minimum absolute atomic E-state index is 0.134. The number of nitrogens with zero attached hydrogens (tertiary/aromatic N) is 1. The van der Waals surface area contributed by atoms with Crippen molar-refractivity contribution in [2.45, 2.75) is 0 Å². The second-order valence-corrected chi connectivity index (χ2v) is 4.44. The van der Waals surface area contributed by atoms with Gasteiger partial charge in [-0.2, -0.15) is 0 Å². The Morgan fingerprint density at radius 2 is 1.87 bits per heavy atom. The largest absolute Gasteiger partial charge is 0.484 e. The van der Waals surface area contributed by atoms with Crippen molar-refractivity contribution < 1.29 is 24.4 Å². The van der Waals surface area contributed by atoms with Crippen LogP contribution in [0.2, 0.25) is 0 Å². The summed E-state index contributed by atoms with van der Waals surface area (Å²) in [6.07, 6.45) is 0. The first-order valence-corrected chi connectivity index (χ1v) is 6.47. The van der Waals surface area contributed by atoms with Crippen molar-refractivity contribution in [3.8, 4) is 5.75 Å². The van der Waals surface area contributed by atoms with Gasteiger partial charge in [0.05, 0.1) is 4.92 Å². The highest BCUT2D eigenvalue weighted by Crippen LogP contribution is 2.22. The standard InChI is InChI=1S/C15H12N2O6/c18-14(9-23-11-4-2-1-3-5-11)16-10-6-7-13(17(21)22)12(8-10)15(19)20/h1-8H,9H2,(H,16,18)(H,19,20). The summed E-state index contributed by atoms with van der Waals surface area (Å²) < 4.78 is 5.24. The van der Waals surface area contributed by atoms with Gasteiger partial charge in [-0.3, -0.25) is 14.9 Å². The molecule has 0 atom stereocenters. The van der Waals surface area contributed by atoms with Crippen molar-refractivity contribution in [3.05, 3.63) is 64.2 Å². The molecule has 2 rings (SSSR count). The van der Waals surface area contributed by atoms with Crippen LogP contribution in [0.1, 0.15) is 10.4 Å². The molecule has 0 fully saturated rings. The predicted octanol–water partition coefficient (Wildman–Crippen LogP) is 2.31. The number of carboxylic acids is 1. The summed E-state index contributed by atoms with van der Waals surface area (Å²) in [6.45, 7) is -0.274. The average Bonchev–Trinajstić information content (AvgIpc) is 2.53. The highest BCUT2D eigenvalue weighted by atomic mass is 16.6. The molecule has 0 radical (unpaired) electrons. The second-order valence-electron chi connectivity index (χ2n) is 4.44. The number of aromatic carboxylic acids is 1. The Morgan fingerprint density at radius 1 is 1.17 bits per heavy atom. The molecule has 2 aromatic carbocycles. The van der Waals surface area contributed by atoms with E-state index in [2.05, 4.69) is 5.32 Å². The minimum atomic E-state index is -1.45. The number of nitrogens with one attached hydrogen (secondary N) is 1. The minimum Gasteiger partial charge on any atom is -0.484 e. The zero-order valence-electron chi connectivity index (χ0n) is 11.8. The van der Waals surface area contributed by atoms with Gasteiger partial charge in [0.2, 0.25) is 0 Å². The molecule has 1 amide bonds. The van der Waals surface area contributed by atoms with Crippen molar-refractivity contribution in [2.24, 2.45) is 0 Å². The van der Waals surface area contributed by atoms with Gasteiger partial charge < -0.3 is 15.2 Å². The Bertz CT molecular complexity index is 745. The molecular formula is C15H12N2O6. The van der Waals surface area contributed by atoms with E-state index in [9.17, 15) is 19.7 Å². The van der Waals surface area contributed by atoms with Crippen LogP contribution in [0.3, 0.4) is 0 Å². The van der Waals surface area contributed by atoms with E-state index in [0.717, 1.165) is 12.1 Å². The number of carbonyl (C=O) groups is 2. The molecule has 0 unspecified atom stereocenters. The van der Waals surface area contributed by atoms with Gasteiger partial charge >= 0.3 is 5.97 Å². The van der Waals surface area contributed by atoms with Gasteiger partial charge in [0.15, 0.2) is 6.61 Å². The predicted molar refractivity (Wildman–Crippen MR) is 80.6 cm³/mol. The van der Waals surface area contributed by atoms with E-state index in [1.807, 2.05) is 0 Å². The third-order valence-corrected chi connectivity index (χ3v) is 2.82. The van der Waals surface area contributed by atoms with E-state index in [4.69, 9.17) is 9.84 Å². The first-order chi connectivity index (χ1) is 11.0. The fourth-order valence-corrected chi connectivity index (χ4v) is 1.81. The SMILES string of the molecule is O=C(COc1ccccc1)Nc1ccc([N+](=O)[O-])c(C(=O)O)c1. The zero-order chi connectivity index (χ0) is 16.8. The van der Waals surface area contributed by atoms with E-state index in [-0.39, 0.29) is 12.3 Å². The molecule has 0 aliphatic carbocycles. The quantitative estimate of drug-likeness (QED) is 0.623. The van der Waals surface area contributed by atoms with Crippen molar-refractivity contribution in [1.29, 1.82) is 0 Å². The molecule has 0 bridgehead atoms. The van der Waals surface area contributed by atoms with Gasteiger partial charge in [-0.1, -0.05) is 18.2 Å². The number of carboxylic acid groups (broad SMARTS) is 1. The molecule has 0 aliphatic heterocycles. The zero-order valence-corrected chi connectivity index (χ0v) is 11.8. The summed E-state index contributed by atoms with van der Waals surface area (Å²) in [5.41, 5.74) is -0.914. The lowest BCUT2D eigenvalue weighted by molar-refractivity contribution is -0.385. The summed E-state index contributed by atoms with van der Waals surface area (Å²) >= 11 is 0. The first kappa shape index (κ1) is 16.0. The fourth-order valence-electron chi connectivity index (χ4n) is 1.81. The summed E-state index contributed by atoms with van der Waals surface area (Å²) in [7, 11) is 0. The fraction of sp³-hybridized carbons (Fsp3) is 0.0667. The van der Waals surface area contributed by atoms with Gasteiger partial charge in [-0.15, -0.1) is 0 Å². The van der Waals surface area contributed by atoms with Crippen LogP contribution in [0.5, 0.6) is 5.75 Å². The molecule has 0 aromatic heterocycles. The average molecular weight is 316 g/mol. The smallest absolute Gasteiger partial charge is 0.342 e. The van der Waals surface area contributed by atoms with Gasteiger partial charge in [-0.05, 0) is 24.3 Å². The molecule has 0 aliphatic rings. The number of carbonyl (C=O) groups excluding carboxylic acids is 1. The van der Waals surface area contributed by atoms with Crippen molar-refractivity contribution in [2.75, 3.05) is 11.9 Å². The lowest BCUT2D eigenvalue weighted by atomic mass is 10.1. The highest BCUT2D eigenvalue weighted by Gasteiger charge is 2.20. The van der Waals surface area contributed by atoms with Gasteiger partial charge in [0.1, 0.15) is 11.3 Å². The molecular weight excluding hydrogens is 304 g/mol. The van der Waals surface area contributed by atoms with Crippen LogP contribution in [-0.2, 0) is 4.79 Å². The normalized spacial score (nSPS) is 9.91. The van der Waals surface area contributed by atoms with Crippen LogP contribution in [0.25, 0.3) is 0 Å². The number of hydrogen-bond donors (Lipinski definition) is 2. The molecule has 0 heterocycles. The Labute approximate surface area is 130 Å². The molecule has 2 aromatic rings. The molecule has 0 saturated carbocycles. The van der Waals surface area contributed by atoms with Gasteiger partial charge in [0, 0.05) is 11.8 Å². The molecule has 118 valence electrons. The third kappa shape index (κ3) is 4.27. The van der Waals surface area contributed by atoms with Gasteiger partial charge in [-0.25, -0.2) is 4.79 Å². The summed E-state index contributed by atoms with van der Waals surface area (Å²) in [5.74, 6) is -1.45. The molecule has 2 N–H and O–H groups in total. The van der Waals surface area contributed by atoms with Gasteiger partial charge in [0.25, 0.3) is 11.6 Å². The first-order valence-electron chi connectivity index (χ1n) is 6.47. The lowest BCUT2D eigenvalue weighted by Gasteiger charge is -2.08. The Hall–Kier alpha value is -3.42. The van der Waals surface area contributed by atoms with E-state index in [0.29, 0.717) is 5.75 Å². The molecule has 23 heavy (non-hydrogen) atoms. The summed E-state index contributed by atoms with van der Waals surface area (Å²) in [5, 5.41) is 22.2. The van der Waals surface area contributed by atoms with E-state index in [1.54, 1.807) is 30.3 Å². The number of nitro benzene ring substituents is 1. The topological polar surface area (TPSA) is 119 Å². The van der Waals surface area contributed by atoms with E-state index in [1.165, 1.54) is 6.07 Å². The molecule has 8 nitrogen and oxygen atoms in total. The number of anilines is 1. The van der Waals surface area contributed by atoms with Crippen LogP contribution >= 0.6 is 0 Å². The van der Waals surface area contributed by atoms with Crippen LogP contribution in [0, 0.1) is 10.1 Å². The number of benzene rings is 2. The number of hydrogen-bond acceptors (Lipinski definition) is 5. The summed E-state index contributed by atoms with van der Waals surface area (Å²) in [4.78, 5) is 32.8. The maximum atomic E-state index is 11.8. The van der Waals surface area contributed by atoms with Crippen LogP contribution < -0.4 is 10.1 Å². The lowest BCUT2D eigenvalue weighted by Crippen LogP contribution is -2.20.